The Morgan fingerprint density at radius 1 is 0.857 bits per heavy atom. The Labute approximate surface area is 85.6 Å². The maximum atomic E-state index is 4.50. The number of hydrogen-bond acceptors (Lipinski definition) is 1. The standard InChI is InChI=1S/C12H12.CH5N/c1-9-7-8-11-5-3-4-6-12(11)10(9)2;1-2/h3-8H,1-2H3;2H2,1H3. The molecular weight excluding hydrogens is 170 g/mol. The van der Waals surface area contributed by atoms with E-state index in [9.17, 15) is 0 Å². The number of nitrogens with two attached hydrogens (primary N) is 1. The Balaban J connectivity index is 0.000000461. The van der Waals surface area contributed by atoms with Crippen LogP contribution >= 0.6 is 0 Å². The molecule has 0 unspecified atom stereocenters. The van der Waals surface area contributed by atoms with E-state index in [4.69, 9.17) is 0 Å². The average molecular weight is 187 g/mol. The second-order valence-corrected chi connectivity index (χ2v) is 3.23. The molecule has 14 heavy (non-hydrogen) atoms. The molecule has 1 heteroatoms. The van der Waals surface area contributed by atoms with Gasteiger partial charge in [0.25, 0.3) is 0 Å². The Morgan fingerprint density at radius 3 is 2.21 bits per heavy atom. The van der Waals surface area contributed by atoms with E-state index < -0.39 is 0 Å². The van der Waals surface area contributed by atoms with Crippen LogP contribution in [0.4, 0.5) is 0 Å². The molecule has 0 atom stereocenters. The van der Waals surface area contributed by atoms with Gasteiger partial charge in [-0.25, -0.2) is 0 Å². The maximum absolute atomic E-state index is 4.50. The molecule has 74 valence electrons. The molecule has 0 aliphatic heterocycles. The third-order valence-corrected chi connectivity index (χ3v) is 2.47. The topological polar surface area (TPSA) is 26.0 Å². The van der Waals surface area contributed by atoms with E-state index in [-0.39, 0.29) is 0 Å². The van der Waals surface area contributed by atoms with Gasteiger partial charge in [0.05, 0.1) is 0 Å². The highest BCUT2D eigenvalue weighted by Gasteiger charge is 1.97. The lowest BCUT2D eigenvalue weighted by Gasteiger charge is -2.04. The van der Waals surface area contributed by atoms with Crippen LogP contribution in [0.1, 0.15) is 11.1 Å². The molecule has 0 saturated carbocycles. The average Bonchev–Trinajstić information content (AvgIpc) is 2.27. The first-order valence-electron chi connectivity index (χ1n) is 4.82. The molecule has 2 aromatic carbocycles. The molecule has 0 radical (unpaired) electrons. The highest BCUT2D eigenvalue weighted by molar-refractivity contribution is 5.86. The second-order valence-electron chi connectivity index (χ2n) is 3.23. The van der Waals surface area contributed by atoms with Crippen LogP contribution in [-0.4, -0.2) is 7.05 Å². The molecule has 0 spiro atoms. The van der Waals surface area contributed by atoms with Crippen LogP contribution in [0.3, 0.4) is 0 Å². The van der Waals surface area contributed by atoms with Gasteiger partial charge in [0, 0.05) is 0 Å². The molecule has 0 aromatic heterocycles. The number of aryl methyl sites for hydroxylation is 2. The van der Waals surface area contributed by atoms with Crippen molar-refractivity contribution in [3.8, 4) is 0 Å². The maximum Gasteiger partial charge on any atom is -0.0152 e. The molecule has 0 bridgehead atoms. The summed E-state index contributed by atoms with van der Waals surface area (Å²) in [7, 11) is 1.50. The predicted molar refractivity (Wildman–Crippen MR) is 63.5 cm³/mol. The summed E-state index contributed by atoms with van der Waals surface area (Å²) in [6, 6.07) is 12.9. The van der Waals surface area contributed by atoms with Crippen molar-refractivity contribution in [3.05, 3.63) is 47.5 Å². The summed E-state index contributed by atoms with van der Waals surface area (Å²) in [4.78, 5) is 0. The van der Waals surface area contributed by atoms with E-state index in [1.54, 1.807) is 0 Å². The normalized spacial score (nSPS) is 9.43. The minimum absolute atomic E-state index is 1.33. The van der Waals surface area contributed by atoms with Crippen LogP contribution in [0.25, 0.3) is 10.8 Å². The molecule has 0 aliphatic carbocycles. The molecule has 1 nitrogen and oxygen atoms in total. The fourth-order valence-electron chi connectivity index (χ4n) is 1.54. The zero-order valence-corrected chi connectivity index (χ0v) is 9.04. The van der Waals surface area contributed by atoms with Crippen LogP contribution in [0.5, 0.6) is 0 Å². The van der Waals surface area contributed by atoms with Gasteiger partial charge in [0.15, 0.2) is 0 Å². The van der Waals surface area contributed by atoms with Crippen molar-refractivity contribution in [2.24, 2.45) is 5.73 Å². The zero-order valence-electron chi connectivity index (χ0n) is 9.04. The Hall–Kier alpha value is -1.34. The van der Waals surface area contributed by atoms with E-state index in [0.29, 0.717) is 0 Å². The van der Waals surface area contributed by atoms with Crippen LogP contribution < -0.4 is 5.73 Å². The van der Waals surface area contributed by atoms with Gasteiger partial charge in [-0.3, -0.25) is 0 Å². The summed E-state index contributed by atoms with van der Waals surface area (Å²) in [5, 5.41) is 2.71. The van der Waals surface area contributed by atoms with Crippen LogP contribution in [0.2, 0.25) is 0 Å². The van der Waals surface area contributed by atoms with Crippen molar-refractivity contribution >= 4 is 10.8 Å². The number of hydrogen-bond donors (Lipinski definition) is 1. The second kappa shape index (κ2) is 4.77. The van der Waals surface area contributed by atoms with E-state index >= 15 is 0 Å². The first kappa shape index (κ1) is 10.7. The van der Waals surface area contributed by atoms with Crippen molar-refractivity contribution in [2.45, 2.75) is 13.8 Å². The first-order valence-corrected chi connectivity index (χ1v) is 4.82. The minimum atomic E-state index is 1.33. The van der Waals surface area contributed by atoms with Gasteiger partial charge in [-0.2, -0.15) is 0 Å². The van der Waals surface area contributed by atoms with Gasteiger partial charge in [-0.05, 0) is 42.8 Å². The van der Waals surface area contributed by atoms with Gasteiger partial charge in [0.1, 0.15) is 0 Å². The number of rotatable bonds is 0. The monoisotopic (exact) mass is 187 g/mol. The zero-order chi connectivity index (χ0) is 10.6. The van der Waals surface area contributed by atoms with Crippen molar-refractivity contribution in [2.75, 3.05) is 7.05 Å². The van der Waals surface area contributed by atoms with Gasteiger partial charge in [-0.15, -0.1) is 0 Å². The van der Waals surface area contributed by atoms with Gasteiger partial charge in [0.2, 0.25) is 0 Å². The van der Waals surface area contributed by atoms with Crippen molar-refractivity contribution in [1.29, 1.82) is 0 Å². The highest BCUT2D eigenvalue weighted by atomic mass is 14.4. The van der Waals surface area contributed by atoms with Gasteiger partial charge in [-0.1, -0.05) is 36.4 Å². The number of fused-ring (bicyclic) bond motifs is 1. The molecule has 2 N–H and O–H groups in total. The smallest absolute Gasteiger partial charge is 0.0152 e. The molecular formula is C13H17N. The fourth-order valence-corrected chi connectivity index (χ4v) is 1.54. The summed E-state index contributed by atoms with van der Waals surface area (Å²) in [5.41, 5.74) is 7.27. The predicted octanol–water partition coefficient (Wildman–Crippen LogP) is 3.03. The van der Waals surface area contributed by atoms with Crippen LogP contribution in [0.15, 0.2) is 36.4 Å². The molecule has 0 saturated heterocycles. The summed E-state index contributed by atoms with van der Waals surface area (Å²) in [6.07, 6.45) is 0. The fraction of sp³-hybridized carbons (Fsp3) is 0.231. The Kier molecular flexibility index (Phi) is 3.66. The first-order chi connectivity index (χ1) is 6.79. The van der Waals surface area contributed by atoms with E-state index in [2.05, 4.69) is 56.0 Å². The third kappa shape index (κ3) is 1.94. The highest BCUT2D eigenvalue weighted by Crippen LogP contribution is 2.20. The number of benzene rings is 2. The molecule has 2 aromatic rings. The summed E-state index contributed by atoms with van der Waals surface area (Å²) < 4.78 is 0. The summed E-state index contributed by atoms with van der Waals surface area (Å²) in [6.45, 7) is 4.33. The largest absolute Gasteiger partial charge is 0.333 e. The SMILES string of the molecule is CN.Cc1ccc2ccccc2c1C. The van der Waals surface area contributed by atoms with Crippen molar-refractivity contribution in [3.63, 3.8) is 0 Å². The van der Waals surface area contributed by atoms with E-state index in [1.807, 2.05) is 0 Å². The minimum Gasteiger partial charge on any atom is -0.333 e. The molecule has 2 rings (SSSR count). The summed E-state index contributed by atoms with van der Waals surface area (Å²) >= 11 is 0. The van der Waals surface area contributed by atoms with Gasteiger partial charge >= 0.3 is 0 Å². The lowest BCUT2D eigenvalue weighted by molar-refractivity contribution is 1.38. The molecule has 0 fully saturated rings. The quantitative estimate of drug-likeness (QED) is 0.674. The Bertz CT molecular complexity index is 419. The molecule has 0 amide bonds. The van der Waals surface area contributed by atoms with E-state index in [0.717, 1.165) is 0 Å². The molecule has 0 aliphatic rings. The third-order valence-electron chi connectivity index (χ3n) is 2.47. The molecule has 0 heterocycles. The van der Waals surface area contributed by atoms with E-state index in [1.165, 1.54) is 28.9 Å². The van der Waals surface area contributed by atoms with Crippen molar-refractivity contribution < 1.29 is 0 Å². The summed E-state index contributed by atoms with van der Waals surface area (Å²) in [5.74, 6) is 0. The van der Waals surface area contributed by atoms with Crippen LogP contribution in [-0.2, 0) is 0 Å². The lowest BCUT2D eigenvalue weighted by atomic mass is 10.0. The lowest BCUT2D eigenvalue weighted by Crippen LogP contribution is -1.82. The Morgan fingerprint density at radius 2 is 1.50 bits per heavy atom. The van der Waals surface area contributed by atoms with Crippen LogP contribution in [0, 0.1) is 13.8 Å². The van der Waals surface area contributed by atoms with Crippen molar-refractivity contribution in [1.82, 2.24) is 0 Å². The van der Waals surface area contributed by atoms with Gasteiger partial charge < -0.3 is 5.73 Å².